The van der Waals surface area contributed by atoms with Gasteiger partial charge in [-0.15, -0.1) is 0 Å². The topological polar surface area (TPSA) is 31.4 Å². The second-order valence-corrected chi connectivity index (χ2v) is 7.23. The van der Waals surface area contributed by atoms with E-state index in [9.17, 15) is 0 Å². The van der Waals surface area contributed by atoms with Gasteiger partial charge in [-0.3, -0.25) is 4.90 Å². The van der Waals surface area contributed by atoms with Crippen LogP contribution in [0, 0.1) is 0 Å². The van der Waals surface area contributed by atoms with Crippen LogP contribution in [-0.4, -0.2) is 48.1 Å². The first-order chi connectivity index (χ1) is 9.79. The second-order valence-electron chi connectivity index (χ2n) is 6.83. The number of anilines is 1. The molecule has 0 saturated carbocycles. The molecule has 5 heteroatoms. The van der Waals surface area contributed by atoms with Gasteiger partial charge in [-0.25, -0.2) is 4.98 Å². The number of pyridine rings is 1. The minimum Gasteiger partial charge on any atom is -0.353 e. The van der Waals surface area contributed by atoms with Crippen molar-refractivity contribution < 1.29 is 0 Å². The molecule has 0 atom stereocenters. The van der Waals surface area contributed by atoms with Crippen molar-refractivity contribution in [3.63, 3.8) is 0 Å². The van der Waals surface area contributed by atoms with Gasteiger partial charge < -0.3 is 10.2 Å². The van der Waals surface area contributed by atoms with Gasteiger partial charge in [0.2, 0.25) is 0 Å². The number of likely N-dealkylation sites (N-methyl/N-ethyl adjacent to an activating group) is 1. The van der Waals surface area contributed by atoms with E-state index in [-0.39, 0.29) is 5.54 Å². The number of hydrogen-bond donors (Lipinski definition) is 1. The Morgan fingerprint density at radius 2 is 2.10 bits per heavy atom. The molecule has 1 N–H and O–H groups in total. The van der Waals surface area contributed by atoms with E-state index in [1.165, 1.54) is 0 Å². The van der Waals surface area contributed by atoms with E-state index >= 15 is 0 Å². The lowest BCUT2D eigenvalue weighted by molar-refractivity contribution is 0.138. The summed E-state index contributed by atoms with van der Waals surface area (Å²) in [5.74, 6) is 1.03. The maximum Gasteiger partial charge on any atom is 0.129 e. The molecule has 0 aliphatic carbocycles. The summed E-state index contributed by atoms with van der Waals surface area (Å²) in [7, 11) is 2.19. The van der Waals surface area contributed by atoms with Crippen molar-refractivity contribution in [3.05, 3.63) is 22.8 Å². The normalized spacial score (nSPS) is 19.3. The maximum atomic E-state index is 6.27. The van der Waals surface area contributed by atoms with Crippen molar-refractivity contribution in [2.24, 2.45) is 0 Å². The maximum absolute atomic E-state index is 6.27. The van der Waals surface area contributed by atoms with Crippen LogP contribution in [0.2, 0.25) is 5.02 Å². The van der Waals surface area contributed by atoms with Gasteiger partial charge in [0, 0.05) is 44.0 Å². The summed E-state index contributed by atoms with van der Waals surface area (Å²) >= 11 is 6.27. The van der Waals surface area contributed by atoms with Crippen molar-refractivity contribution in [3.8, 4) is 0 Å². The Morgan fingerprint density at radius 1 is 1.38 bits per heavy atom. The summed E-state index contributed by atoms with van der Waals surface area (Å²) in [5.41, 5.74) is 1.28. The number of aromatic nitrogens is 1. The highest BCUT2D eigenvalue weighted by Crippen LogP contribution is 2.26. The van der Waals surface area contributed by atoms with E-state index < -0.39 is 0 Å². The first-order valence-electron chi connectivity index (χ1n) is 7.63. The Bertz CT molecular complexity index is 487. The van der Waals surface area contributed by atoms with Crippen molar-refractivity contribution in [1.29, 1.82) is 0 Å². The van der Waals surface area contributed by atoms with Crippen LogP contribution in [0.15, 0.2) is 12.3 Å². The molecule has 0 amide bonds. The SMILES string of the molecule is CC(C)NCc1cc(N2CCN(C)C(C)(C)C2)ncc1Cl. The van der Waals surface area contributed by atoms with Crippen molar-refractivity contribution in [2.75, 3.05) is 31.6 Å². The van der Waals surface area contributed by atoms with Gasteiger partial charge in [0.1, 0.15) is 5.82 Å². The van der Waals surface area contributed by atoms with Gasteiger partial charge in [0.15, 0.2) is 0 Å². The third-order valence-electron chi connectivity index (χ3n) is 4.26. The fraction of sp³-hybridized carbons (Fsp3) is 0.688. The highest BCUT2D eigenvalue weighted by Gasteiger charge is 2.31. The van der Waals surface area contributed by atoms with E-state index in [1.54, 1.807) is 6.20 Å². The van der Waals surface area contributed by atoms with Crippen molar-refractivity contribution in [1.82, 2.24) is 15.2 Å². The number of hydrogen-bond acceptors (Lipinski definition) is 4. The first-order valence-corrected chi connectivity index (χ1v) is 8.01. The molecule has 0 unspecified atom stereocenters. The van der Waals surface area contributed by atoms with Gasteiger partial charge in [-0.2, -0.15) is 0 Å². The zero-order chi connectivity index (χ0) is 15.6. The van der Waals surface area contributed by atoms with Crippen LogP contribution in [-0.2, 0) is 6.54 Å². The molecule has 21 heavy (non-hydrogen) atoms. The molecule has 2 heterocycles. The summed E-state index contributed by atoms with van der Waals surface area (Å²) in [5, 5.41) is 4.15. The van der Waals surface area contributed by atoms with Gasteiger partial charge >= 0.3 is 0 Å². The summed E-state index contributed by atoms with van der Waals surface area (Å²) in [6.45, 7) is 12.6. The summed E-state index contributed by atoms with van der Waals surface area (Å²) in [6.07, 6.45) is 1.78. The Kier molecular flexibility index (Phi) is 5.12. The largest absolute Gasteiger partial charge is 0.353 e. The van der Waals surface area contributed by atoms with Crippen molar-refractivity contribution in [2.45, 2.75) is 45.8 Å². The predicted octanol–water partition coefficient (Wildman–Crippen LogP) is 2.76. The van der Waals surface area contributed by atoms with Crippen LogP contribution < -0.4 is 10.2 Å². The quantitative estimate of drug-likeness (QED) is 0.926. The number of rotatable bonds is 4. The third kappa shape index (κ3) is 4.09. The standard InChI is InChI=1S/C16H27ClN4/c1-12(2)18-9-13-8-15(19-10-14(13)17)21-7-6-20(5)16(3,4)11-21/h8,10,12,18H,6-7,9,11H2,1-5H3. The lowest BCUT2D eigenvalue weighted by atomic mass is 10.00. The van der Waals surface area contributed by atoms with E-state index in [4.69, 9.17) is 11.6 Å². The highest BCUT2D eigenvalue weighted by atomic mass is 35.5. The fourth-order valence-electron chi connectivity index (χ4n) is 2.53. The number of halogens is 1. The summed E-state index contributed by atoms with van der Waals surface area (Å²) in [4.78, 5) is 9.29. The third-order valence-corrected chi connectivity index (χ3v) is 4.60. The first kappa shape index (κ1) is 16.5. The molecular formula is C16H27ClN4. The molecule has 0 aromatic carbocycles. The minimum atomic E-state index is 0.163. The molecule has 1 aromatic heterocycles. The van der Waals surface area contributed by atoms with Gasteiger partial charge in [-0.05, 0) is 32.5 Å². The van der Waals surface area contributed by atoms with E-state index in [1.807, 2.05) is 0 Å². The molecule has 1 fully saturated rings. The molecule has 0 spiro atoms. The summed E-state index contributed by atoms with van der Waals surface area (Å²) in [6, 6.07) is 2.57. The van der Waals surface area contributed by atoms with Crippen molar-refractivity contribution >= 4 is 17.4 Å². The van der Waals surface area contributed by atoms with E-state index in [2.05, 4.69) is 60.9 Å². The van der Waals surface area contributed by atoms with Crippen LogP contribution in [0.4, 0.5) is 5.82 Å². The highest BCUT2D eigenvalue weighted by molar-refractivity contribution is 6.31. The molecule has 4 nitrogen and oxygen atoms in total. The molecule has 1 saturated heterocycles. The van der Waals surface area contributed by atoms with Crippen LogP contribution in [0.1, 0.15) is 33.3 Å². The lowest BCUT2D eigenvalue weighted by Crippen LogP contribution is -2.57. The molecule has 118 valence electrons. The average Bonchev–Trinajstić information content (AvgIpc) is 2.41. The second kappa shape index (κ2) is 6.51. The Morgan fingerprint density at radius 3 is 2.71 bits per heavy atom. The molecule has 1 aliphatic heterocycles. The minimum absolute atomic E-state index is 0.163. The number of nitrogens with one attached hydrogen (secondary N) is 1. The van der Waals surface area contributed by atoms with Gasteiger partial charge in [0.25, 0.3) is 0 Å². The van der Waals surface area contributed by atoms with Gasteiger partial charge in [-0.1, -0.05) is 25.4 Å². The van der Waals surface area contributed by atoms with Crippen LogP contribution in [0.3, 0.4) is 0 Å². The average molecular weight is 311 g/mol. The molecular weight excluding hydrogens is 284 g/mol. The zero-order valence-corrected chi connectivity index (χ0v) is 14.5. The molecule has 0 bridgehead atoms. The molecule has 1 aliphatic rings. The number of nitrogens with zero attached hydrogens (tertiary/aromatic N) is 3. The van der Waals surface area contributed by atoms with Crippen LogP contribution >= 0.6 is 11.6 Å². The molecule has 0 radical (unpaired) electrons. The Balaban J connectivity index is 2.15. The predicted molar refractivity (Wildman–Crippen MR) is 90.1 cm³/mol. The van der Waals surface area contributed by atoms with E-state index in [0.717, 1.165) is 42.6 Å². The lowest BCUT2D eigenvalue weighted by Gasteiger charge is -2.45. The Labute approximate surface area is 133 Å². The monoisotopic (exact) mass is 310 g/mol. The van der Waals surface area contributed by atoms with Crippen LogP contribution in [0.25, 0.3) is 0 Å². The van der Waals surface area contributed by atoms with Crippen LogP contribution in [0.5, 0.6) is 0 Å². The smallest absolute Gasteiger partial charge is 0.129 e. The van der Waals surface area contributed by atoms with E-state index in [0.29, 0.717) is 6.04 Å². The molecule has 1 aromatic rings. The zero-order valence-electron chi connectivity index (χ0n) is 13.8. The summed E-state index contributed by atoms with van der Waals surface area (Å²) < 4.78 is 0. The fourth-order valence-corrected chi connectivity index (χ4v) is 2.70. The molecule has 2 rings (SSSR count). The Hall–Kier alpha value is -0.840. The van der Waals surface area contributed by atoms with Gasteiger partial charge in [0.05, 0.1) is 5.02 Å². The number of piperazine rings is 1.